The average Bonchev–Trinajstić information content (AvgIpc) is 3.50. The van der Waals surface area contributed by atoms with Crippen LogP contribution in [0.1, 0.15) is 76.5 Å². The molecule has 0 bridgehead atoms. The van der Waals surface area contributed by atoms with E-state index in [1.807, 2.05) is 37.4 Å². The lowest BCUT2D eigenvalue weighted by Crippen LogP contribution is -2.54. The van der Waals surface area contributed by atoms with Crippen molar-refractivity contribution in [2.24, 2.45) is 5.73 Å². The van der Waals surface area contributed by atoms with Gasteiger partial charge >= 0.3 is 5.51 Å². The third-order valence-electron chi connectivity index (χ3n) is 10.7. The van der Waals surface area contributed by atoms with Gasteiger partial charge in [0.05, 0.1) is 37.5 Å². The highest BCUT2D eigenvalue weighted by Crippen LogP contribution is 2.39. The number of unbranched alkanes of at least 4 members (excludes halogenated alkanes) is 2. The SMILES string of the molecule is C[C@H](CC(Sc1ccccc1)N(C)CCCCCNc1cccc2c1C(=O)N(C1CCC(=O)NC1=O)C2=O)Nc1ccc(S(=O)(=O)c2ccccc2C(N)=O)cc1S(=O)(=O)C(F)(F)F. The smallest absolute Gasteiger partial charge is 0.384 e. The molecule has 2 unspecified atom stereocenters. The maximum absolute atomic E-state index is 14.1. The Morgan fingerprint density at radius 2 is 1.59 bits per heavy atom. The van der Waals surface area contributed by atoms with Crippen LogP contribution in [0.2, 0.25) is 0 Å². The first-order valence-electron chi connectivity index (χ1n) is 20.1. The van der Waals surface area contributed by atoms with Crippen molar-refractivity contribution in [1.82, 2.24) is 15.1 Å². The van der Waals surface area contributed by atoms with Gasteiger partial charge in [-0.3, -0.25) is 39.1 Å². The van der Waals surface area contributed by atoms with Gasteiger partial charge in [0.2, 0.25) is 27.6 Å². The molecular formula is C43H45F3N6O9S3. The van der Waals surface area contributed by atoms with Crippen LogP contribution in [0, 0.1) is 0 Å². The fourth-order valence-electron chi connectivity index (χ4n) is 7.46. The molecule has 64 heavy (non-hydrogen) atoms. The Morgan fingerprint density at radius 3 is 2.28 bits per heavy atom. The third-order valence-corrected chi connectivity index (χ3v) is 15.4. The molecule has 6 rings (SSSR count). The van der Waals surface area contributed by atoms with Crippen LogP contribution in [0.25, 0.3) is 0 Å². The van der Waals surface area contributed by atoms with Crippen LogP contribution < -0.4 is 21.7 Å². The molecule has 3 atom stereocenters. The van der Waals surface area contributed by atoms with Gasteiger partial charge in [0, 0.05) is 29.6 Å². The van der Waals surface area contributed by atoms with Crippen molar-refractivity contribution in [1.29, 1.82) is 0 Å². The Hall–Kier alpha value is -5.77. The normalized spacial score (nSPS) is 16.7. The first-order chi connectivity index (χ1) is 30.2. The summed E-state index contributed by atoms with van der Waals surface area (Å²) in [4.78, 5) is 64.0. The largest absolute Gasteiger partial charge is 0.501 e. The maximum atomic E-state index is 14.1. The molecule has 0 aliphatic carbocycles. The number of rotatable bonds is 19. The molecule has 2 aliphatic rings. The summed E-state index contributed by atoms with van der Waals surface area (Å²) in [6.07, 6.45) is 2.45. The fraction of sp³-hybridized carbons (Fsp3) is 0.326. The van der Waals surface area contributed by atoms with Gasteiger partial charge in [-0.25, -0.2) is 16.8 Å². The summed E-state index contributed by atoms with van der Waals surface area (Å²) in [5.41, 5.74) is -0.548. The van der Waals surface area contributed by atoms with Crippen molar-refractivity contribution >= 4 is 72.3 Å². The van der Waals surface area contributed by atoms with Gasteiger partial charge in [0.15, 0.2) is 0 Å². The third kappa shape index (κ3) is 10.3. The van der Waals surface area contributed by atoms with E-state index in [0.717, 1.165) is 40.5 Å². The van der Waals surface area contributed by atoms with Crippen LogP contribution in [-0.2, 0) is 29.3 Å². The molecule has 340 valence electrons. The molecule has 1 saturated heterocycles. The average molecular weight is 943 g/mol. The highest BCUT2D eigenvalue weighted by atomic mass is 32.2. The molecule has 15 nitrogen and oxygen atoms in total. The van der Waals surface area contributed by atoms with Crippen LogP contribution in [0.3, 0.4) is 0 Å². The lowest BCUT2D eigenvalue weighted by atomic mass is 10.0. The van der Waals surface area contributed by atoms with E-state index in [4.69, 9.17) is 5.73 Å². The second-order valence-electron chi connectivity index (χ2n) is 15.3. The minimum atomic E-state index is -6.09. The Balaban J connectivity index is 1.12. The summed E-state index contributed by atoms with van der Waals surface area (Å²) in [6, 6.07) is 19.6. The highest BCUT2D eigenvalue weighted by molar-refractivity contribution is 7.99. The molecule has 4 aromatic carbocycles. The summed E-state index contributed by atoms with van der Waals surface area (Å²) in [7, 11) is -8.92. The number of imide groups is 2. The summed E-state index contributed by atoms with van der Waals surface area (Å²) in [5, 5.41) is 8.02. The van der Waals surface area contributed by atoms with E-state index in [0.29, 0.717) is 37.7 Å². The number of nitrogens with two attached hydrogens (primary N) is 1. The van der Waals surface area contributed by atoms with E-state index >= 15 is 0 Å². The number of benzene rings is 4. The number of piperidine rings is 1. The van der Waals surface area contributed by atoms with Gasteiger partial charge in [0.25, 0.3) is 21.7 Å². The molecule has 4 aromatic rings. The quantitative estimate of drug-likeness (QED) is 0.0376. The Bertz CT molecular complexity index is 2690. The number of carbonyl (C=O) groups is 5. The Morgan fingerprint density at radius 1 is 0.891 bits per heavy atom. The van der Waals surface area contributed by atoms with E-state index in [-0.39, 0.29) is 35.8 Å². The first-order valence-corrected chi connectivity index (χ1v) is 23.9. The number of nitrogens with zero attached hydrogens (tertiary/aromatic N) is 2. The van der Waals surface area contributed by atoms with Gasteiger partial charge in [-0.05, 0) is 101 Å². The predicted octanol–water partition coefficient (Wildman–Crippen LogP) is 5.84. The van der Waals surface area contributed by atoms with Crippen molar-refractivity contribution in [2.45, 2.75) is 88.0 Å². The molecule has 0 saturated carbocycles. The Kier molecular flexibility index (Phi) is 14.6. The van der Waals surface area contributed by atoms with Crippen molar-refractivity contribution in [3.05, 3.63) is 108 Å². The molecule has 0 aromatic heterocycles. The van der Waals surface area contributed by atoms with E-state index < -0.39 is 92.7 Å². The number of fused-ring (bicyclic) bond motifs is 1. The molecule has 5 amide bonds. The van der Waals surface area contributed by atoms with Gasteiger partial charge in [0.1, 0.15) is 10.9 Å². The molecule has 1 fully saturated rings. The molecule has 5 N–H and O–H groups in total. The number of hydrogen-bond acceptors (Lipinski definition) is 13. The lowest BCUT2D eigenvalue weighted by Gasteiger charge is -2.31. The number of primary amides is 1. The second-order valence-corrected chi connectivity index (χ2v) is 20.4. The minimum absolute atomic E-state index is 0.00766. The summed E-state index contributed by atoms with van der Waals surface area (Å²) < 4.78 is 95.4. The number of alkyl halides is 3. The number of hydrogen-bond donors (Lipinski definition) is 4. The second kappa shape index (κ2) is 19.5. The van der Waals surface area contributed by atoms with Gasteiger partial charge in [-0.15, -0.1) is 11.8 Å². The standard InChI is InChI=1S/C43H45F3N6O9S3/c1-26(49-31-19-18-28(25-35(31)64(60,61)43(44,45)46)63(58,59)34-17-8-7-14-29(34)39(47)54)24-37(62-27-12-5-3-6-13-27)51(2)23-10-4-9-22-48-32-16-11-15-30-38(32)42(57)52(41(30)56)33-20-21-36(53)50-40(33)55/h3,5-8,11-19,25-26,33,37,48-49H,4,9-10,20-24H2,1-2H3,(H2,47,54)(H,50,53,55)/t26-,33?,37?/m1/s1. The van der Waals surface area contributed by atoms with Crippen molar-refractivity contribution < 1.29 is 54.0 Å². The van der Waals surface area contributed by atoms with E-state index in [9.17, 15) is 54.0 Å². The number of carbonyl (C=O) groups excluding carboxylic acids is 5. The van der Waals surface area contributed by atoms with Gasteiger partial charge < -0.3 is 16.4 Å². The lowest BCUT2D eigenvalue weighted by molar-refractivity contribution is -0.136. The van der Waals surface area contributed by atoms with Crippen molar-refractivity contribution in [2.75, 3.05) is 30.8 Å². The van der Waals surface area contributed by atoms with Crippen LogP contribution in [-0.4, -0.2) is 99.3 Å². The van der Waals surface area contributed by atoms with Gasteiger partial charge in [-0.2, -0.15) is 13.2 Å². The highest BCUT2D eigenvalue weighted by Gasteiger charge is 2.49. The van der Waals surface area contributed by atoms with Crippen LogP contribution in [0.5, 0.6) is 0 Å². The number of anilines is 2. The summed E-state index contributed by atoms with van der Waals surface area (Å²) in [5.74, 6) is -3.48. The summed E-state index contributed by atoms with van der Waals surface area (Å²) in [6.45, 7) is 2.70. The molecular weight excluding hydrogens is 898 g/mol. The van der Waals surface area contributed by atoms with E-state index in [2.05, 4.69) is 20.9 Å². The van der Waals surface area contributed by atoms with E-state index in [1.165, 1.54) is 30.0 Å². The van der Waals surface area contributed by atoms with Crippen LogP contribution >= 0.6 is 11.8 Å². The number of thioether (sulfide) groups is 1. The van der Waals surface area contributed by atoms with Crippen molar-refractivity contribution in [3.63, 3.8) is 0 Å². The molecule has 2 heterocycles. The molecule has 21 heteroatoms. The molecule has 2 aliphatic heterocycles. The van der Waals surface area contributed by atoms with Crippen molar-refractivity contribution in [3.8, 4) is 0 Å². The first kappa shape index (κ1) is 47.7. The zero-order chi connectivity index (χ0) is 46.6. The number of halogens is 3. The van der Waals surface area contributed by atoms with Gasteiger partial charge in [-0.1, -0.05) is 42.8 Å². The number of nitrogens with one attached hydrogen (secondary N) is 3. The summed E-state index contributed by atoms with van der Waals surface area (Å²) >= 11 is 1.50. The van der Waals surface area contributed by atoms with E-state index in [1.54, 1.807) is 19.1 Å². The molecule has 0 spiro atoms. The van der Waals surface area contributed by atoms with Crippen LogP contribution in [0.4, 0.5) is 24.5 Å². The number of sulfone groups is 2. The zero-order valence-electron chi connectivity index (χ0n) is 34.6. The molecule has 0 radical (unpaired) electrons. The monoisotopic (exact) mass is 942 g/mol. The maximum Gasteiger partial charge on any atom is 0.501 e. The zero-order valence-corrected chi connectivity index (χ0v) is 37.0. The topological polar surface area (TPSA) is 222 Å². The predicted molar refractivity (Wildman–Crippen MR) is 232 cm³/mol. The number of amides is 5. The minimum Gasteiger partial charge on any atom is -0.384 e. The Labute approximate surface area is 372 Å². The fourth-order valence-corrected chi connectivity index (χ4v) is 11.3. The van der Waals surface area contributed by atoms with Crippen LogP contribution in [0.15, 0.2) is 111 Å².